The summed E-state index contributed by atoms with van der Waals surface area (Å²) in [5, 5.41) is 3.26. The summed E-state index contributed by atoms with van der Waals surface area (Å²) < 4.78 is 0. The van der Waals surface area contributed by atoms with Gasteiger partial charge in [0.1, 0.15) is 11.6 Å². The van der Waals surface area contributed by atoms with Crippen LogP contribution in [0.15, 0.2) is 29.5 Å². The minimum atomic E-state index is -0.105. The van der Waals surface area contributed by atoms with E-state index in [0.29, 0.717) is 30.6 Å². The normalized spacial score (nSPS) is 22.2. The topological polar surface area (TPSA) is 89.9 Å². The second-order valence-corrected chi connectivity index (χ2v) is 9.72. The van der Waals surface area contributed by atoms with E-state index in [9.17, 15) is 4.79 Å². The number of nitrogens with one attached hydrogen (secondary N) is 1. The third kappa shape index (κ3) is 3.64. The molecule has 5 heterocycles. The highest BCUT2D eigenvalue weighted by atomic mass is 16.1. The number of amidine groups is 1. The number of Topliss-reactive ketones (excluding diaryl/α,β-unsaturated/α-hetero) is 1. The number of fused-ring (bicyclic) bond motifs is 4. The number of carbonyl (C=O) groups is 1. The first-order valence-electron chi connectivity index (χ1n) is 12.0. The molecular weight excluding hydrogens is 416 g/mol. The average Bonchev–Trinajstić information content (AvgIpc) is 3.20. The Balaban J connectivity index is 1.24. The first-order valence-corrected chi connectivity index (χ1v) is 12.0. The third-order valence-corrected chi connectivity index (χ3v) is 7.50. The number of ketones is 1. The Hall–Kier alpha value is -3.07. The van der Waals surface area contributed by atoms with Crippen LogP contribution in [0, 0.1) is 0 Å². The maximum absolute atomic E-state index is 12.8. The van der Waals surface area contributed by atoms with Crippen molar-refractivity contribution < 1.29 is 4.79 Å². The summed E-state index contributed by atoms with van der Waals surface area (Å²) in [7, 11) is 2.16. The largest absolute Gasteiger partial charge is 0.368 e. The number of pyridine rings is 1. The van der Waals surface area contributed by atoms with Gasteiger partial charge in [-0.2, -0.15) is 4.98 Å². The van der Waals surface area contributed by atoms with Gasteiger partial charge in [0.15, 0.2) is 5.84 Å². The lowest BCUT2D eigenvalue weighted by Crippen LogP contribution is -2.55. The van der Waals surface area contributed by atoms with Gasteiger partial charge >= 0.3 is 0 Å². The maximum atomic E-state index is 12.8. The van der Waals surface area contributed by atoms with Crippen molar-refractivity contribution in [1.82, 2.24) is 19.9 Å². The monoisotopic (exact) mass is 446 g/mol. The molecule has 33 heavy (non-hydrogen) atoms. The van der Waals surface area contributed by atoms with Crippen molar-refractivity contribution in [2.45, 2.75) is 44.1 Å². The molecule has 1 saturated heterocycles. The number of piperazine rings is 1. The molecule has 1 saturated carbocycles. The van der Waals surface area contributed by atoms with Crippen molar-refractivity contribution in [1.29, 1.82) is 0 Å². The molecule has 3 aliphatic heterocycles. The van der Waals surface area contributed by atoms with E-state index in [1.54, 1.807) is 6.20 Å². The fourth-order valence-electron chi connectivity index (χ4n) is 5.57. The van der Waals surface area contributed by atoms with E-state index in [4.69, 9.17) is 4.98 Å². The molecule has 0 unspecified atom stereocenters. The zero-order valence-electron chi connectivity index (χ0n) is 19.1. The summed E-state index contributed by atoms with van der Waals surface area (Å²) in [6, 6.07) is 4.07. The molecule has 1 aliphatic carbocycles. The van der Waals surface area contributed by atoms with Gasteiger partial charge in [0, 0.05) is 44.4 Å². The molecule has 2 fully saturated rings. The zero-order valence-corrected chi connectivity index (χ0v) is 19.1. The highest BCUT2D eigenvalue weighted by Crippen LogP contribution is 2.43. The standard InChI is InChI=1S/C24H30N8O/c1-30-9-11-31(12-10-30)18-5-6-20(25-15-18)28-23-26-14-17-13-19(33)22-27-16-24(7-3-2-4-8-24)32(22)21(17)29-23/h5-6,14-15H,2-4,7-13,16H2,1H3,(H,25,26,28,29). The Bertz CT molecular complexity index is 1080. The molecule has 172 valence electrons. The number of carbonyl (C=O) groups excluding carboxylic acids is 1. The Morgan fingerprint density at radius 2 is 1.82 bits per heavy atom. The molecule has 0 atom stereocenters. The number of anilines is 4. The van der Waals surface area contributed by atoms with Crippen LogP contribution >= 0.6 is 0 Å². The van der Waals surface area contributed by atoms with Gasteiger partial charge in [-0.1, -0.05) is 19.3 Å². The number of hydrogen-bond donors (Lipinski definition) is 1. The molecule has 0 bridgehead atoms. The third-order valence-electron chi connectivity index (χ3n) is 7.50. The van der Waals surface area contributed by atoms with Crippen molar-refractivity contribution in [3.63, 3.8) is 0 Å². The summed E-state index contributed by atoms with van der Waals surface area (Å²) in [6.45, 7) is 4.84. The van der Waals surface area contributed by atoms with Crippen LogP contribution in [0.4, 0.5) is 23.3 Å². The molecular formula is C24H30N8O. The van der Waals surface area contributed by atoms with Gasteiger partial charge in [-0.3, -0.25) is 14.7 Å². The predicted octanol–water partition coefficient (Wildman–Crippen LogP) is 2.41. The molecule has 6 rings (SSSR count). The summed E-state index contributed by atoms with van der Waals surface area (Å²) in [6.07, 6.45) is 9.70. The molecule has 2 aromatic heterocycles. The average molecular weight is 447 g/mol. The summed E-state index contributed by atoms with van der Waals surface area (Å²) in [5.74, 6) is 2.71. The van der Waals surface area contributed by atoms with Crippen molar-refractivity contribution in [2.24, 2.45) is 4.99 Å². The Morgan fingerprint density at radius 1 is 1.00 bits per heavy atom. The smallest absolute Gasteiger partial charge is 0.230 e. The molecule has 9 nitrogen and oxygen atoms in total. The SMILES string of the molecule is CN1CCN(c2ccc(Nc3ncc4c(n3)N3C(=NCC35CCCCC5)C(=O)C4)nc2)CC1. The minimum Gasteiger partial charge on any atom is -0.368 e. The molecule has 9 heteroatoms. The molecule has 1 spiro atoms. The Morgan fingerprint density at radius 3 is 2.58 bits per heavy atom. The molecule has 1 N–H and O–H groups in total. The first-order chi connectivity index (χ1) is 16.1. The van der Waals surface area contributed by atoms with E-state index in [1.165, 1.54) is 19.3 Å². The summed E-state index contributed by atoms with van der Waals surface area (Å²) >= 11 is 0. The fraction of sp³-hybridized carbons (Fsp3) is 0.542. The first kappa shape index (κ1) is 20.5. The van der Waals surface area contributed by atoms with E-state index in [2.05, 4.69) is 48.1 Å². The molecule has 0 aromatic carbocycles. The van der Waals surface area contributed by atoms with E-state index >= 15 is 0 Å². The van der Waals surface area contributed by atoms with Gasteiger partial charge < -0.3 is 15.1 Å². The van der Waals surface area contributed by atoms with Gasteiger partial charge in [0.05, 0.1) is 24.0 Å². The van der Waals surface area contributed by atoms with Gasteiger partial charge in [-0.15, -0.1) is 0 Å². The molecule has 0 radical (unpaired) electrons. The Labute approximate surface area is 193 Å². The van der Waals surface area contributed by atoms with Crippen LogP contribution < -0.4 is 15.1 Å². The van der Waals surface area contributed by atoms with Gasteiger partial charge in [0.25, 0.3) is 0 Å². The lowest BCUT2D eigenvalue weighted by molar-refractivity contribution is -0.112. The Kier molecular flexibility index (Phi) is 5.01. The molecule has 0 amide bonds. The lowest BCUT2D eigenvalue weighted by atomic mass is 9.80. The van der Waals surface area contributed by atoms with E-state index in [1.807, 2.05) is 12.3 Å². The van der Waals surface area contributed by atoms with Crippen LogP contribution in [-0.2, 0) is 11.2 Å². The highest BCUT2D eigenvalue weighted by molar-refractivity contribution is 6.46. The van der Waals surface area contributed by atoms with Crippen LogP contribution in [0.2, 0.25) is 0 Å². The predicted molar refractivity (Wildman–Crippen MR) is 129 cm³/mol. The highest BCUT2D eigenvalue weighted by Gasteiger charge is 2.49. The number of nitrogens with zero attached hydrogens (tertiary/aromatic N) is 7. The number of rotatable bonds is 3. The van der Waals surface area contributed by atoms with Crippen LogP contribution in [0.25, 0.3) is 0 Å². The zero-order chi connectivity index (χ0) is 22.4. The number of likely N-dealkylation sites (N-methyl/N-ethyl adjacent to an activating group) is 1. The van der Waals surface area contributed by atoms with Gasteiger partial charge in [-0.05, 0) is 32.0 Å². The van der Waals surface area contributed by atoms with Crippen molar-refractivity contribution in [3.8, 4) is 0 Å². The minimum absolute atomic E-state index is 0.0791. The van der Waals surface area contributed by atoms with E-state index in [0.717, 1.165) is 56.1 Å². The van der Waals surface area contributed by atoms with Crippen LogP contribution in [0.1, 0.15) is 37.7 Å². The van der Waals surface area contributed by atoms with Crippen LogP contribution in [0.5, 0.6) is 0 Å². The maximum Gasteiger partial charge on any atom is 0.230 e. The lowest BCUT2D eigenvalue weighted by Gasteiger charge is -2.43. The number of aliphatic imine (C=N–C) groups is 1. The summed E-state index contributed by atoms with van der Waals surface area (Å²) in [5.41, 5.74) is 1.91. The van der Waals surface area contributed by atoms with Crippen molar-refractivity contribution in [3.05, 3.63) is 30.1 Å². The van der Waals surface area contributed by atoms with Crippen molar-refractivity contribution >= 4 is 34.9 Å². The van der Waals surface area contributed by atoms with Gasteiger partial charge in [0.2, 0.25) is 11.7 Å². The van der Waals surface area contributed by atoms with Crippen molar-refractivity contribution in [2.75, 3.05) is 54.9 Å². The molecule has 2 aromatic rings. The van der Waals surface area contributed by atoms with Crippen LogP contribution in [0.3, 0.4) is 0 Å². The van der Waals surface area contributed by atoms with Crippen LogP contribution in [-0.4, -0.2) is 76.8 Å². The second kappa shape index (κ2) is 8.06. The molecule has 4 aliphatic rings. The second-order valence-electron chi connectivity index (χ2n) is 9.72. The van der Waals surface area contributed by atoms with E-state index in [-0.39, 0.29) is 11.3 Å². The quantitative estimate of drug-likeness (QED) is 0.769. The summed E-state index contributed by atoms with van der Waals surface area (Å²) in [4.78, 5) is 38.3. The van der Waals surface area contributed by atoms with Gasteiger partial charge in [-0.25, -0.2) is 9.97 Å². The number of aromatic nitrogens is 3. The number of hydrogen-bond acceptors (Lipinski definition) is 9. The fourth-order valence-corrected chi connectivity index (χ4v) is 5.57. The van der Waals surface area contributed by atoms with E-state index < -0.39 is 0 Å².